The summed E-state index contributed by atoms with van der Waals surface area (Å²) in [6.07, 6.45) is 6.75. The van der Waals surface area contributed by atoms with E-state index in [1.54, 1.807) is 54.7 Å². The summed E-state index contributed by atoms with van der Waals surface area (Å²) in [6.45, 7) is 1.23. The van der Waals surface area contributed by atoms with E-state index in [1.807, 2.05) is 6.07 Å². The minimum absolute atomic E-state index is 0.0718. The van der Waals surface area contributed by atoms with Gasteiger partial charge in [-0.25, -0.2) is 0 Å². The number of esters is 1. The lowest BCUT2D eigenvalue weighted by Gasteiger charge is -2.17. The number of carbonyl (C=O) groups is 3. The van der Waals surface area contributed by atoms with E-state index in [2.05, 4.69) is 25.8 Å². The van der Waals surface area contributed by atoms with Gasteiger partial charge in [0.05, 0.1) is 6.42 Å². The van der Waals surface area contributed by atoms with Crippen LogP contribution in [-0.2, 0) is 32.0 Å². The Morgan fingerprint density at radius 2 is 1.79 bits per heavy atom. The molecule has 0 bridgehead atoms. The number of ether oxygens (including phenoxy) is 1. The summed E-state index contributed by atoms with van der Waals surface area (Å²) in [5, 5.41) is 14.7. The molecule has 0 radical (unpaired) electrons. The van der Waals surface area contributed by atoms with Crippen LogP contribution < -0.4 is 22.1 Å². The number of rotatable bonds is 13. The molecule has 3 aromatic rings. The van der Waals surface area contributed by atoms with Crippen molar-refractivity contribution >= 4 is 34.3 Å². The van der Waals surface area contributed by atoms with Gasteiger partial charge in [0, 0.05) is 36.5 Å². The number of hydrogen-bond donors (Lipinski definition) is 4. The molecule has 2 amide bonds. The van der Waals surface area contributed by atoms with Crippen LogP contribution in [0.5, 0.6) is 0 Å². The summed E-state index contributed by atoms with van der Waals surface area (Å²) < 4.78 is 5.17. The Kier molecular flexibility index (Phi) is 11.1. The highest BCUT2D eigenvalue weighted by Crippen LogP contribution is 2.19. The second kappa shape index (κ2) is 15.0. The fourth-order valence-electron chi connectivity index (χ4n) is 3.44. The van der Waals surface area contributed by atoms with Crippen molar-refractivity contribution in [2.24, 2.45) is 11.5 Å². The van der Waals surface area contributed by atoms with E-state index in [4.69, 9.17) is 16.2 Å². The number of allylic oxidation sites excluding steroid dienone is 3. The molecular formula is C27H31N7O4S. The van der Waals surface area contributed by atoms with Gasteiger partial charge >= 0.3 is 5.97 Å². The molecule has 0 saturated carbocycles. The molecule has 3 rings (SSSR count). The third-order valence-electron chi connectivity index (χ3n) is 5.26. The average molecular weight is 550 g/mol. The summed E-state index contributed by atoms with van der Waals surface area (Å²) in [5.41, 5.74) is 13.8. The van der Waals surface area contributed by atoms with Crippen LogP contribution in [0, 0.1) is 0 Å². The van der Waals surface area contributed by atoms with Crippen LogP contribution in [0.15, 0.2) is 78.4 Å². The Labute approximate surface area is 230 Å². The van der Waals surface area contributed by atoms with Gasteiger partial charge in [0.15, 0.2) is 0 Å². The number of hydrogen-bond acceptors (Lipinski definition) is 10. The lowest BCUT2D eigenvalue weighted by molar-refractivity contribution is -0.154. The van der Waals surface area contributed by atoms with Crippen molar-refractivity contribution in [3.05, 3.63) is 94.7 Å². The fourth-order valence-corrected chi connectivity index (χ4v) is 4.24. The quantitative estimate of drug-likeness (QED) is 0.142. The predicted octanol–water partition coefficient (Wildman–Crippen LogP) is 2.89. The first-order valence-corrected chi connectivity index (χ1v) is 13.1. The fraction of sp³-hybridized carbons (Fsp3) is 0.259. The number of aromatic nitrogens is 3. The maximum Gasteiger partial charge on any atom is 0.303 e. The van der Waals surface area contributed by atoms with Crippen LogP contribution in [0.1, 0.15) is 48.6 Å². The van der Waals surface area contributed by atoms with Gasteiger partial charge < -0.3 is 26.8 Å². The number of unbranched alkanes of at least 4 members (excludes halogenated alkanes) is 1. The number of nitrogens with one attached hydrogen (secondary N) is 2. The average Bonchev–Trinajstić information content (AvgIpc) is 3.36. The zero-order valence-electron chi connectivity index (χ0n) is 21.5. The molecule has 0 saturated heterocycles. The molecule has 1 unspecified atom stereocenters. The Morgan fingerprint density at radius 1 is 1.03 bits per heavy atom. The molecule has 0 aliphatic carbocycles. The second-order valence-electron chi connectivity index (χ2n) is 8.51. The highest BCUT2D eigenvalue weighted by atomic mass is 32.1. The van der Waals surface area contributed by atoms with Crippen LogP contribution >= 0.6 is 11.3 Å². The second-order valence-corrected chi connectivity index (χ2v) is 9.57. The molecule has 204 valence electrons. The minimum Gasteiger partial charge on any atom is -0.447 e. The number of nitrogens with two attached hydrogens (primary N) is 2. The highest BCUT2D eigenvalue weighted by Gasteiger charge is 2.23. The SMILES string of the molecule is CC(=O)OC(C(=O)N/C(N)=C/C=C(\N)CCCCc1nnc(NC(=O)Cc2ccccn2)s1)c1ccccc1. The van der Waals surface area contributed by atoms with E-state index in [0.29, 0.717) is 34.9 Å². The Morgan fingerprint density at radius 3 is 2.51 bits per heavy atom. The van der Waals surface area contributed by atoms with Crippen molar-refractivity contribution < 1.29 is 19.1 Å². The van der Waals surface area contributed by atoms with E-state index in [1.165, 1.54) is 24.3 Å². The van der Waals surface area contributed by atoms with E-state index >= 15 is 0 Å². The van der Waals surface area contributed by atoms with E-state index in [9.17, 15) is 14.4 Å². The molecular weight excluding hydrogens is 518 g/mol. The van der Waals surface area contributed by atoms with E-state index in [0.717, 1.165) is 17.8 Å². The number of nitrogens with zero attached hydrogens (tertiary/aromatic N) is 3. The van der Waals surface area contributed by atoms with Crippen molar-refractivity contribution in [1.29, 1.82) is 0 Å². The number of carbonyl (C=O) groups excluding carboxylic acids is 3. The van der Waals surface area contributed by atoms with Crippen molar-refractivity contribution in [1.82, 2.24) is 20.5 Å². The highest BCUT2D eigenvalue weighted by molar-refractivity contribution is 7.15. The van der Waals surface area contributed by atoms with Crippen LogP contribution in [0.4, 0.5) is 5.13 Å². The predicted molar refractivity (Wildman–Crippen MR) is 148 cm³/mol. The molecule has 0 aliphatic heterocycles. The molecule has 1 atom stereocenters. The molecule has 12 heteroatoms. The van der Waals surface area contributed by atoms with Gasteiger partial charge in [-0.2, -0.15) is 0 Å². The van der Waals surface area contributed by atoms with Crippen molar-refractivity contribution in [2.75, 3.05) is 5.32 Å². The number of benzene rings is 1. The van der Waals surface area contributed by atoms with Gasteiger partial charge in [-0.15, -0.1) is 10.2 Å². The molecule has 11 nitrogen and oxygen atoms in total. The molecule has 2 aromatic heterocycles. The van der Waals surface area contributed by atoms with Crippen LogP contribution in [0.25, 0.3) is 0 Å². The van der Waals surface area contributed by atoms with Crippen molar-refractivity contribution in [3.63, 3.8) is 0 Å². The Bertz CT molecular complexity index is 1310. The summed E-state index contributed by atoms with van der Waals surface area (Å²) in [4.78, 5) is 40.4. The first-order chi connectivity index (χ1) is 18.8. The molecule has 0 spiro atoms. The molecule has 2 heterocycles. The molecule has 6 N–H and O–H groups in total. The van der Waals surface area contributed by atoms with Gasteiger partial charge in [-0.05, 0) is 43.5 Å². The number of anilines is 1. The van der Waals surface area contributed by atoms with Gasteiger partial charge in [0.25, 0.3) is 5.91 Å². The summed E-state index contributed by atoms with van der Waals surface area (Å²) in [5.74, 6) is -1.27. The topological polar surface area (TPSA) is 175 Å². The molecule has 39 heavy (non-hydrogen) atoms. The summed E-state index contributed by atoms with van der Waals surface area (Å²) in [7, 11) is 0. The smallest absolute Gasteiger partial charge is 0.303 e. The minimum atomic E-state index is -1.12. The lowest BCUT2D eigenvalue weighted by Crippen LogP contribution is -2.34. The zero-order chi connectivity index (χ0) is 28.0. The van der Waals surface area contributed by atoms with Crippen LogP contribution in [-0.4, -0.2) is 33.0 Å². The van der Waals surface area contributed by atoms with Crippen LogP contribution in [0.2, 0.25) is 0 Å². The molecule has 1 aromatic carbocycles. The van der Waals surface area contributed by atoms with Gasteiger partial charge in [0.2, 0.25) is 17.1 Å². The van der Waals surface area contributed by atoms with Crippen LogP contribution in [0.3, 0.4) is 0 Å². The number of aryl methyl sites for hydroxylation is 1. The maximum atomic E-state index is 12.6. The van der Waals surface area contributed by atoms with Gasteiger partial charge in [-0.3, -0.25) is 19.4 Å². The van der Waals surface area contributed by atoms with Crippen molar-refractivity contribution in [3.8, 4) is 0 Å². The first kappa shape index (κ1) is 29.0. The van der Waals surface area contributed by atoms with E-state index < -0.39 is 18.0 Å². The Hall–Kier alpha value is -4.58. The van der Waals surface area contributed by atoms with Gasteiger partial charge in [-0.1, -0.05) is 47.7 Å². The zero-order valence-corrected chi connectivity index (χ0v) is 22.3. The third kappa shape index (κ3) is 10.4. The summed E-state index contributed by atoms with van der Waals surface area (Å²) in [6, 6.07) is 14.1. The lowest BCUT2D eigenvalue weighted by atomic mass is 10.1. The number of pyridine rings is 1. The standard InChI is InChI=1S/C27H31N7O4S/c1-18(35)38-25(19-9-3-2-4-10-19)26(37)31-22(29)15-14-20(28)11-5-6-13-24-33-34-27(39-24)32-23(36)17-21-12-7-8-16-30-21/h2-4,7-10,12,14-16,25H,5-6,11,13,17,28-29H2,1H3,(H,31,37)(H,32,34,36)/b20-14-,22-15+. The summed E-state index contributed by atoms with van der Waals surface area (Å²) >= 11 is 1.34. The Balaban J connectivity index is 1.40. The van der Waals surface area contributed by atoms with Gasteiger partial charge in [0.1, 0.15) is 10.8 Å². The number of amides is 2. The normalized spacial score (nSPS) is 12.4. The maximum absolute atomic E-state index is 12.6. The monoisotopic (exact) mass is 549 g/mol. The van der Waals surface area contributed by atoms with E-state index in [-0.39, 0.29) is 18.1 Å². The molecule has 0 fully saturated rings. The first-order valence-electron chi connectivity index (χ1n) is 12.3. The third-order valence-corrected chi connectivity index (χ3v) is 6.15. The largest absolute Gasteiger partial charge is 0.447 e. The van der Waals surface area contributed by atoms with Crippen molar-refractivity contribution in [2.45, 2.75) is 45.1 Å². The molecule has 0 aliphatic rings.